The lowest BCUT2D eigenvalue weighted by Crippen LogP contribution is -2.55. The monoisotopic (exact) mass is 258 g/mol. The summed E-state index contributed by atoms with van der Waals surface area (Å²) in [6.07, 6.45) is 2.79. The van der Waals surface area contributed by atoms with Crippen LogP contribution < -0.4 is 0 Å². The molecule has 2 saturated heterocycles. The van der Waals surface area contributed by atoms with Gasteiger partial charge in [-0.25, -0.2) is 0 Å². The molecule has 2 nitrogen and oxygen atoms in total. The third-order valence-electron chi connectivity index (χ3n) is 5.09. The van der Waals surface area contributed by atoms with E-state index in [1.807, 2.05) is 0 Å². The molecule has 0 N–H and O–H groups in total. The lowest BCUT2D eigenvalue weighted by molar-refractivity contribution is 0.0469. The average Bonchev–Trinajstić information content (AvgIpc) is 2.85. The molecule has 1 aromatic carbocycles. The van der Waals surface area contributed by atoms with Gasteiger partial charge in [0.05, 0.1) is 0 Å². The third kappa shape index (κ3) is 2.56. The van der Waals surface area contributed by atoms with Crippen LogP contribution in [0.5, 0.6) is 0 Å². The molecule has 0 aromatic heterocycles. The SMILES string of the molecule is Cc1ccc(CN2CCN3CCC[C@H]3[C@@H]2C)c(C)c1. The van der Waals surface area contributed by atoms with Crippen molar-refractivity contribution in [2.24, 2.45) is 0 Å². The number of benzene rings is 1. The fourth-order valence-electron chi connectivity index (χ4n) is 3.84. The Hall–Kier alpha value is -0.860. The second kappa shape index (κ2) is 5.26. The van der Waals surface area contributed by atoms with Crippen molar-refractivity contribution >= 4 is 0 Å². The predicted molar refractivity (Wildman–Crippen MR) is 80.4 cm³/mol. The van der Waals surface area contributed by atoms with Gasteiger partial charge >= 0.3 is 0 Å². The second-order valence-corrected chi connectivity index (χ2v) is 6.39. The van der Waals surface area contributed by atoms with Gasteiger partial charge in [0.15, 0.2) is 0 Å². The van der Waals surface area contributed by atoms with Crippen LogP contribution >= 0.6 is 0 Å². The van der Waals surface area contributed by atoms with Crippen LogP contribution in [0.15, 0.2) is 18.2 Å². The third-order valence-corrected chi connectivity index (χ3v) is 5.09. The van der Waals surface area contributed by atoms with Crippen LogP contribution in [0.3, 0.4) is 0 Å². The van der Waals surface area contributed by atoms with Crippen molar-refractivity contribution in [1.29, 1.82) is 0 Å². The lowest BCUT2D eigenvalue weighted by Gasteiger charge is -2.43. The number of rotatable bonds is 2. The van der Waals surface area contributed by atoms with E-state index in [0.717, 1.165) is 12.6 Å². The van der Waals surface area contributed by atoms with Gasteiger partial charge in [-0.05, 0) is 51.3 Å². The fourth-order valence-corrected chi connectivity index (χ4v) is 3.84. The summed E-state index contributed by atoms with van der Waals surface area (Å²) in [6.45, 7) is 11.8. The molecule has 2 heteroatoms. The number of fused-ring (bicyclic) bond motifs is 1. The summed E-state index contributed by atoms with van der Waals surface area (Å²) < 4.78 is 0. The van der Waals surface area contributed by atoms with Crippen molar-refractivity contribution in [1.82, 2.24) is 9.80 Å². The van der Waals surface area contributed by atoms with Crippen molar-refractivity contribution < 1.29 is 0 Å². The molecule has 2 fully saturated rings. The molecule has 19 heavy (non-hydrogen) atoms. The van der Waals surface area contributed by atoms with Gasteiger partial charge < -0.3 is 0 Å². The Morgan fingerprint density at radius 1 is 1.16 bits per heavy atom. The van der Waals surface area contributed by atoms with Gasteiger partial charge in [-0.1, -0.05) is 23.8 Å². The Morgan fingerprint density at radius 2 is 2.00 bits per heavy atom. The molecule has 104 valence electrons. The predicted octanol–water partition coefficient (Wildman–Crippen LogP) is 2.97. The van der Waals surface area contributed by atoms with Crippen molar-refractivity contribution in [3.05, 3.63) is 34.9 Å². The van der Waals surface area contributed by atoms with Crippen molar-refractivity contribution in [3.63, 3.8) is 0 Å². The standard InChI is InChI=1S/C17H26N2/c1-13-6-7-16(14(2)11-13)12-19-10-9-18-8-4-5-17(18)15(19)3/h6-7,11,15,17H,4-5,8-10,12H2,1-3H3/t15-,17-/m0/s1. The first-order valence-corrected chi connectivity index (χ1v) is 7.69. The molecule has 0 amide bonds. The van der Waals surface area contributed by atoms with Crippen LogP contribution in [-0.4, -0.2) is 41.5 Å². The van der Waals surface area contributed by atoms with Gasteiger partial charge in [0.25, 0.3) is 0 Å². The van der Waals surface area contributed by atoms with E-state index in [-0.39, 0.29) is 0 Å². The van der Waals surface area contributed by atoms with Crippen LogP contribution in [0.2, 0.25) is 0 Å². The number of hydrogen-bond acceptors (Lipinski definition) is 2. The Morgan fingerprint density at radius 3 is 2.79 bits per heavy atom. The molecule has 0 radical (unpaired) electrons. The van der Waals surface area contributed by atoms with Crippen molar-refractivity contribution in [2.45, 2.75) is 52.2 Å². The quantitative estimate of drug-likeness (QED) is 0.804. The molecule has 2 heterocycles. The highest BCUT2D eigenvalue weighted by Crippen LogP contribution is 2.28. The van der Waals surface area contributed by atoms with Gasteiger partial charge in [-0.3, -0.25) is 9.80 Å². The first kappa shape index (κ1) is 13.1. The van der Waals surface area contributed by atoms with Crippen LogP contribution in [0.4, 0.5) is 0 Å². The molecule has 1 aromatic rings. The van der Waals surface area contributed by atoms with Gasteiger partial charge in [-0.2, -0.15) is 0 Å². The number of piperazine rings is 1. The topological polar surface area (TPSA) is 6.48 Å². The van der Waals surface area contributed by atoms with Crippen LogP contribution in [-0.2, 0) is 6.54 Å². The summed E-state index contributed by atoms with van der Waals surface area (Å²) in [4.78, 5) is 5.38. The second-order valence-electron chi connectivity index (χ2n) is 6.39. The summed E-state index contributed by atoms with van der Waals surface area (Å²) in [5, 5.41) is 0. The molecule has 0 spiro atoms. The van der Waals surface area contributed by atoms with E-state index < -0.39 is 0 Å². The fraction of sp³-hybridized carbons (Fsp3) is 0.647. The molecule has 0 bridgehead atoms. The maximum absolute atomic E-state index is 2.70. The van der Waals surface area contributed by atoms with Gasteiger partial charge in [0, 0.05) is 31.7 Å². The van der Waals surface area contributed by atoms with Gasteiger partial charge in [0.2, 0.25) is 0 Å². The molecular formula is C17H26N2. The Labute approximate surface area is 117 Å². The van der Waals surface area contributed by atoms with E-state index in [1.54, 1.807) is 0 Å². The van der Waals surface area contributed by atoms with Gasteiger partial charge in [0.1, 0.15) is 0 Å². The highest BCUT2D eigenvalue weighted by atomic mass is 15.3. The smallest absolute Gasteiger partial charge is 0.0250 e. The molecule has 2 atom stereocenters. The van der Waals surface area contributed by atoms with Crippen LogP contribution in [0.1, 0.15) is 36.5 Å². The summed E-state index contributed by atoms with van der Waals surface area (Å²) in [6, 6.07) is 8.39. The summed E-state index contributed by atoms with van der Waals surface area (Å²) in [7, 11) is 0. The van der Waals surface area contributed by atoms with Crippen molar-refractivity contribution in [3.8, 4) is 0 Å². The molecule has 2 aliphatic rings. The van der Waals surface area contributed by atoms with E-state index >= 15 is 0 Å². The number of aryl methyl sites for hydroxylation is 2. The zero-order chi connectivity index (χ0) is 13.4. The van der Waals surface area contributed by atoms with Gasteiger partial charge in [-0.15, -0.1) is 0 Å². The zero-order valence-electron chi connectivity index (χ0n) is 12.5. The Balaban J connectivity index is 1.72. The van der Waals surface area contributed by atoms with Crippen LogP contribution in [0.25, 0.3) is 0 Å². The molecule has 0 saturated carbocycles. The number of nitrogens with zero attached hydrogens (tertiary/aromatic N) is 2. The van der Waals surface area contributed by atoms with E-state index in [1.165, 1.54) is 49.2 Å². The lowest BCUT2D eigenvalue weighted by atomic mass is 10.00. The van der Waals surface area contributed by atoms with E-state index in [0.29, 0.717) is 6.04 Å². The highest BCUT2D eigenvalue weighted by Gasteiger charge is 2.36. The van der Waals surface area contributed by atoms with E-state index in [2.05, 4.69) is 48.8 Å². The molecule has 2 aliphatic heterocycles. The Bertz CT molecular complexity index is 455. The largest absolute Gasteiger partial charge is 0.298 e. The maximum Gasteiger partial charge on any atom is 0.0250 e. The zero-order valence-corrected chi connectivity index (χ0v) is 12.5. The minimum absolute atomic E-state index is 0.706. The molecule has 0 unspecified atom stereocenters. The highest BCUT2D eigenvalue weighted by molar-refractivity contribution is 5.30. The van der Waals surface area contributed by atoms with E-state index in [9.17, 15) is 0 Å². The molecular weight excluding hydrogens is 232 g/mol. The Kier molecular flexibility index (Phi) is 3.64. The minimum atomic E-state index is 0.706. The number of hydrogen-bond donors (Lipinski definition) is 0. The first-order valence-electron chi connectivity index (χ1n) is 7.69. The molecule has 0 aliphatic carbocycles. The van der Waals surface area contributed by atoms with Crippen LogP contribution in [0, 0.1) is 13.8 Å². The maximum atomic E-state index is 2.70. The molecule has 3 rings (SSSR count). The normalized spacial score (nSPS) is 28.6. The minimum Gasteiger partial charge on any atom is -0.298 e. The summed E-state index contributed by atoms with van der Waals surface area (Å²) >= 11 is 0. The van der Waals surface area contributed by atoms with E-state index in [4.69, 9.17) is 0 Å². The summed E-state index contributed by atoms with van der Waals surface area (Å²) in [5.41, 5.74) is 4.32. The van der Waals surface area contributed by atoms with Crippen molar-refractivity contribution in [2.75, 3.05) is 19.6 Å². The average molecular weight is 258 g/mol. The first-order chi connectivity index (χ1) is 9.15. The summed E-state index contributed by atoms with van der Waals surface area (Å²) in [5.74, 6) is 0.